The van der Waals surface area contributed by atoms with E-state index in [9.17, 15) is 5.11 Å². The highest BCUT2D eigenvalue weighted by Crippen LogP contribution is 2.47. The first-order valence-electron chi connectivity index (χ1n) is 5.97. The summed E-state index contributed by atoms with van der Waals surface area (Å²) in [5, 5.41) is 9.23. The number of benzene rings is 1. The molecule has 0 saturated heterocycles. The van der Waals surface area contributed by atoms with Gasteiger partial charge in [-0.3, -0.25) is 0 Å². The molecule has 16 heavy (non-hydrogen) atoms. The van der Waals surface area contributed by atoms with Crippen LogP contribution in [0.25, 0.3) is 0 Å². The van der Waals surface area contributed by atoms with E-state index in [1.54, 1.807) is 0 Å². The molecule has 1 aliphatic carbocycles. The Labute approximate surface area is 97.3 Å². The van der Waals surface area contributed by atoms with Gasteiger partial charge in [0.2, 0.25) is 0 Å². The van der Waals surface area contributed by atoms with E-state index in [0.29, 0.717) is 12.5 Å². The van der Waals surface area contributed by atoms with Crippen LogP contribution < -0.4 is 4.74 Å². The molecule has 0 heterocycles. The normalized spacial score (nSPS) is 17.2. The lowest BCUT2D eigenvalue weighted by Gasteiger charge is -2.17. The number of hydrogen-bond donors (Lipinski definition) is 1. The number of aliphatic hydroxyl groups is 1. The average Bonchev–Trinajstić information content (AvgIpc) is 3.12. The van der Waals surface area contributed by atoms with Gasteiger partial charge in [-0.05, 0) is 44.2 Å². The standard InChI is InChI=1S/C14H19O2/c1-3-16-13-6-4-5-12(10(2)9-15)14(13)11-7-8-11/h4-6,10-11,15H,2-3,7-9H2,1H3. The molecular formula is C14H19O2. The largest absolute Gasteiger partial charge is 0.494 e. The molecule has 1 saturated carbocycles. The molecule has 87 valence electrons. The summed E-state index contributed by atoms with van der Waals surface area (Å²) in [6.07, 6.45) is 2.46. The van der Waals surface area contributed by atoms with Crippen molar-refractivity contribution in [3.63, 3.8) is 0 Å². The number of rotatable bonds is 5. The molecule has 1 fully saturated rings. The van der Waals surface area contributed by atoms with Crippen LogP contribution in [0.2, 0.25) is 0 Å². The van der Waals surface area contributed by atoms with Crippen LogP contribution in [0.5, 0.6) is 5.75 Å². The van der Waals surface area contributed by atoms with Gasteiger partial charge in [-0.25, -0.2) is 0 Å². The molecule has 1 atom stereocenters. The summed E-state index contributed by atoms with van der Waals surface area (Å²) in [5.41, 5.74) is 2.43. The summed E-state index contributed by atoms with van der Waals surface area (Å²) >= 11 is 0. The van der Waals surface area contributed by atoms with Crippen LogP contribution in [0.3, 0.4) is 0 Å². The Hall–Kier alpha value is -1.02. The molecule has 1 aromatic rings. The lowest BCUT2D eigenvalue weighted by Crippen LogP contribution is -2.05. The van der Waals surface area contributed by atoms with Crippen LogP contribution in [0.4, 0.5) is 0 Å². The van der Waals surface area contributed by atoms with Gasteiger partial charge < -0.3 is 9.84 Å². The molecule has 1 aliphatic rings. The molecule has 0 bridgehead atoms. The highest BCUT2D eigenvalue weighted by molar-refractivity contribution is 5.47. The van der Waals surface area contributed by atoms with Crippen molar-refractivity contribution >= 4 is 0 Å². The van der Waals surface area contributed by atoms with E-state index < -0.39 is 0 Å². The Morgan fingerprint density at radius 2 is 2.25 bits per heavy atom. The third kappa shape index (κ3) is 2.22. The van der Waals surface area contributed by atoms with Crippen LogP contribution in [0.15, 0.2) is 18.2 Å². The molecule has 0 amide bonds. The second-order valence-corrected chi connectivity index (χ2v) is 4.35. The maximum Gasteiger partial charge on any atom is 0.123 e. The number of aliphatic hydroxyl groups excluding tert-OH is 1. The summed E-state index contributed by atoms with van der Waals surface area (Å²) in [5.74, 6) is 1.55. The average molecular weight is 219 g/mol. The van der Waals surface area contributed by atoms with Gasteiger partial charge in [0.1, 0.15) is 5.75 Å². The van der Waals surface area contributed by atoms with Crippen molar-refractivity contribution in [1.82, 2.24) is 0 Å². The molecule has 1 aromatic carbocycles. The molecule has 2 nitrogen and oxygen atoms in total. The fourth-order valence-electron chi connectivity index (χ4n) is 2.11. The molecular weight excluding hydrogens is 200 g/mol. The van der Waals surface area contributed by atoms with Crippen LogP contribution >= 0.6 is 0 Å². The van der Waals surface area contributed by atoms with Gasteiger partial charge in [-0.1, -0.05) is 12.1 Å². The zero-order valence-electron chi connectivity index (χ0n) is 9.78. The topological polar surface area (TPSA) is 29.5 Å². The molecule has 1 N–H and O–H groups in total. The van der Waals surface area contributed by atoms with Crippen molar-refractivity contribution in [2.45, 2.75) is 31.6 Å². The first-order chi connectivity index (χ1) is 7.77. The summed E-state index contributed by atoms with van der Waals surface area (Å²) < 4.78 is 5.66. The Morgan fingerprint density at radius 3 is 2.81 bits per heavy atom. The van der Waals surface area contributed by atoms with Gasteiger partial charge in [0.05, 0.1) is 6.61 Å². The molecule has 2 rings (SSSR count). The zero-order valence-corrected chi connectivity index (χ0v) is 9.78. The second kappa shape index (κ2) is 4.88. The monoisotopic (exact) mass is 219 g/mol. The Kier molecular flexibility index (Phi) is 3.49. The van der Waals surface area contributed by atoms with E-state index in [-0.39, 0.29) is 12.5 Å². The van der Waals surface area contributed by atoms with Crippen molar-refractivity contribution in [3.05, 3.63) is 36.2 Å². The van der Waals surface area contributed by atoms with Gasteiger partial charge in [-0.2, -0.15) is 0 Å². The smallest absolute Gasteiger partial charge is 0.123 e. The maximum atomic E-state index is 9.23. The maximum absolute atomic E-state index is 9.23. The van der Waals surface area contributed by atoms with Gasteiger partial charge >= 0.3 is 0 Å². The predicted octanol–water partition coefficient (Wildman–Crippen LogP) is 2.87. The summed E-state index contributed by atoms with van der Waals surface area (Å²) in [4.78, 5) is 0. The molecule has 0 aliphatic heterocycles. The van der Waals surface area contributed by atoms with Gasteiger partial charge in [-0.15, -0.1) is 0 Å². The Bertz CT molecular complexity index is 356. The minimum atomic E-state index is -0.0454. The minimum Gasteiger partial charge on any atom is -0.494 e. The molecule has 1 radical (unpaired) electrons. The van der Waals surface area contributed by atoms with Crippen molar-refractivity contribution in [1.29, 1.82) is 0 Å². The second-order valence-electron chi connectivity index (χ2n) is 4.35. The van der Waals surface area contributed by atoms with E-state index >= 15 is 0 Å². The van der Waals surface area contributed by atoms with Crippen molar-refractivity contribution in [3.8, 4) is 5.75 Å². The molecule has 1 unspecified atom stereocenters. The fraction of sp³-hybridized carbons (Fsp3) is 0.500. The molecule has 0 spiro atoms. The molecule has 0 aromatic heterocycles. The van der Waals surface area contributed by atoms with Gasteiger partial charge in [0.15, 0.2) is 0 Å². The third-order valence-corrected chi connectivity index (χ3v) is 3.05. The van der Waals surface area contributed by atoms with Gasteiger partial charge in [0, 0.05) is 18.1 Å². The van der Waals surface area contributed by atoms with E-state index in [1.807, 2.05) is 19.1 Å². The summed E-state index contributed by atoms with van der Waals surface area (Å²) in [6, 6.07) is 6.06. The molecule has 2 heteroatoms. The Balaban J connectivity index is 2.38. The first kappa shape index (κ1) is 11.5. The SMILES string of the molecule is [CH2]C(CO)c1cccc(OCC)c1C1CC1. The lowest BCUT2D eigenvalue weighted by atomic mass is 9.93. The van der Waals surface area contributed by atoms with Crippen molar-refractivity contribution in [2.75, 3.05) is 13.2 Å². The van der Waals surface area contributed by atoms with Crippen LogP contribution in [-0.2, 0) is 0 Å². The van der Waals surface area contributed by atoms with Crippen LogP contribution in [0, 0.1) is 6.92 Å². The first-order valence-corrected chi connectivity index (χ1v) is 5.97. The van der Waals surface area contributed by atoms with Crippen LogP contribution in [-0.4, -0.2) is 18.3 Å². The van der Waals surface area contributed by atoms with E-state index in [2.05, 4.69) is 13.0 Å². The predicted molar refractivity (Wildman–Crippen MR) is 64.8 cm³/mol. The Morgan fingerprint density at radius 1 is 1.50 bits per heavy atom. The highest BCUT2D eigenvalue weighted by Gasteiger charge is 2.30. The van der Waals surface area contributed by atoms with E-state index in [1.165, 1.54) is 18.4 Å². The summed E-state index contributed by atoms with van der Waals surface area (Å²) in [7, 11) is 0. The van der Waals surface area contributed by atoms with Crippen molar-refractivity contribution < 1.29 is 9.84 Å². The fourth-order valence-corrected chi connectivity index (χ4v) is 2.11. The minimum absolute atomic E-state index is 0.0454. The lowest BCUT2D eigenvalue weighted by molar-refractivity contribution is 0.281. The quantitative estimate of drug-likeness (QED) is 0.825. The number of hydrogen-bond acceptors (Lipinski definition) is 2. The van der Waals surface area contributed by atoms with Crippen molar-refractivity contribution in [2.24, 2.45) is 0 Å². The third-order valence-electron chi connectivity index (χ3n) is 3.05. The number of ether oxygens (including phenoxy) is 1. The van der Waals surface area contributed by atoms with Gasteiger partial charge in [0.25, 0.3) is 0 Å². The highest BCUT2D eigenvalue weighted by atomic mass is 16.5. The van der Waals surface area contributed by atoms with Crippen LogP contribution in [0.1, 0.15) is 42.7 Å². The zero-order chi connectivity index (χ0) is 11.5. The van der Waals surface area contributed by atoms with E-state index in [4.69, 9.17) is 4.74 Å². The summed E-state index contributed by atoms with van der Waals surface area (Å²) in [6.45, 7) is 6.77. The van der Waals surface area contributed by atoms with E-state index in [0.717, 1.165) is 11.3 Å².